The van der Waals surface area contributed by atoms with Gasteiger partial charge in [-0.05, 0) is 48.2 Å². The lowest BCUT2D eigenvalue weighted by atomic mass is 9.90. The largest absolute Gasteiger partial charge is 0.493 e. The average molecular weight is 661 g/mol. The van der Waals surface area contributed by atoms with E-state index in [1.807, 2.05) is 60.7 Å². The highest BCUT2D eigenvalue weighted by molar-refractivity contribution is 7.92. The lowest BCUT2D eigenvalue weighted by molar-refractivity contribution is -0.137. The van der Waals surface area contributed by atoms with Crippen LogP contribution in [0.2, 0.25) is 5.02 Å². The van der Waals surface area contributed by atoms with Gasteiger partial charge in [-0.1, -0.05) is 84.4 Å². The molecule has 0 atom stereocenters. The van der Waals surface area contributed by atoms with Crippen LogP contribution >= 0.6 is 11.6 Å². The molecule has 0 bridgehead atoms. The summed E-state index contributed by atoms with van der Waals surface area (Å²) in [6.45, 7) is 2.97. The maximum absolute atomic E-state index is 13.7. The van der Waals surface area contributed by atoms with Crippen LogP contribution in [-0.4, -0.2) is 45.9 Å². The van der Waals surface area contributed by atoms with Crippen molar-refractivity contribution in [2.45, 2.75) is 32.0 Å². The Morgan fingerprint density at radius 1 is 0.889 bits per heavy atom. The Bertz CT molecular complexity index is 1600. The van der Waals surface area contributed by atoms with E-state index in [2.05, 4.69) is 9.62 Å². The number of benzene rings is 4. The fourth-order valence-electron chi connectivity index (χ4n) is 5.00. The normalized spacial score (nSPS) is 12.0. The molecule has 4 aromatic carbocycles. The lowest BCUT2D eigenvalue weighted by Gasteiger charge is -2.29. The van der Waals surface area contributed by atoms with Gasteiger partial charge in [0.05, 0.1) is 35.7 Å². The molecule has 0 aliphatic heterocycles. The van der Waals surface area contributed by atoms with E-state index in [4.69, 9.17) is 21.1 Å². The topological polar surface area (TPSA) is 67.9 Å². The second-order valence-corrected chi connectivity index (χ2v) is 12.8. The molecular formula is C34H36ClF3N2O4S. The van der Waals surface area contributed by atoms with Crippen LogP contribution in [0.5, 0.6) is 11.5 Å². The number of halogens is 4. The van der Waals surface area contributed by atoms with E-state index in [0.29, 0.717) is 42.3 Å². The number of hydrogen-bond acceptors (Lipinski definition) is 5. The van der Waals surface area contributed by atoms with Gasteiger partial charge < -0.3 is 9.47 Å². The van der Waals surface area contributed by atoms with Crippen molar-refractivity contribution in [2.75, 3.05) is 37.3 Å². The first-order chi connectivity index (χ1) is 21.5. The van der Waals surface area contributed by atoms with Crippen molar-refractivity contribution in [1.29, 1.82) is 0 Å². The Hall–Kier alpha value is -3.73. The Morgan fingerprint density at radius 2 is 1.53 bits per heavy atom. The monoisotopic (exact) mass is 660 g/mol. The van der Waals surface area contributed by atoms with Crippen LogP contribution in [0.3, 0.4) is 0 Å². The molecular weight excluding hydrogens is 625 g/mol. The van der Waals surface area contributed by atoms with E-state index in [1.54, 1.807) is 31.2 Å². The Morgan fingerprint density at radius 3 is 2.11 bits per heavy atom. The van der Waals surface area contributed by atoms with Crippen molar-refractivity contribution in [3.63, 3.8) is 0 Å². The molecule has 0 saturated carbocycles. The van der Waals surface area contributed by atoms with E-state index < -0.39 is 21.8 Å². The number of sulfonamides is 1. The SMILES string of the molecule is CCS(=O)(=O)Nc1ccc(OC)c(OCCCN(Cc2cccc(C(F)(F)F)c2Cl)CC(c2ccccc2)c2ccccc2)c1. The Balaban J connectivity index is 1.57. The minimum Gasteiger partial charge on any atom is -0.493 e. The van der Waals surface area contributed by atoms with E-state index in [9.17, 15) is 21.6 Å². The molecule has 0 aromatic heterocycles. The molecule has 0 fully saturated rings. The van der Waals surface area contributed by atoms with Crippen molar-refractivity contribution < 1.29 is 31.1 Å². The summed E-state index contributed by atoms with van der Waals surface area (Å²) in [5, 5.41) is -0.307. The third-order valence-electron chi connectivity index (χ3n) is 7.32. The number of rotatable bonds is 15. The summed E-state index contributed by atoms with van der Waals surface area (Å²) in [7, 11) is -1.99. The second-order valence-electron chi connectivity index (χ2n) is 10.5. The first-order valence-electron chi connectivity index (χ1n) is 14.5. The lowest BCUT2D eigenvalue weighted by Crippen LogP contribution is -2.31. The van der Waals surface area contributed by atoms with Crippen LogP contribution in [0.15, 0.2) is 97.1 Å². The van der Waals surface area contributed by atoms with Crippen molar-refractivity contribution in [2.24, 2.45) is 0 Å². The fraction of sp³-hybridized carbons (Fsp3) is 0.294. The highest BCUT2D eigenvalue weighted by Crippen LogP contribution is 2.37. The molecule has 0 radical (unpaired) electrons. The van der Waals surface area contributed by atoms with Crippen molar-refractivity contribution >= 4 is 27.3 Å². The standard InChI is InChI=1S/C34H36ClF3N2O4S/c1-3-45(41,42)39-28-18-19-31(43-2)32(22-28)44-21-11-20-40(23-27-16-10-17-30(33(27)35)34(36,37)38)24-29(25-12-6-4-7-13-25)26-14-8-5-9-15-26/h4-10,12-19,22,29,39H,3,11,20-21,23-24H2,1-2H3. The first kappa shape index (κ1) is 34.1. The molecule has 0 aliphatic rings. The first-order valence-corrected chi connectivity index (χ1v) is 16.5. The van der Waals surface area contributed by atoms with Crippen molar-refractivity contribution in [1.82, 2.24) is 4.90 Å². The zero-order valence-electron chi connectivity index (χ0n) is 25.1. The fourth-order valence-corrected chi connectivity index (χ4v) is 5.93. The van der Waals surface area contributed by atoms with E-state index in [1.165, 1.54) is 13.2 Å². The molecule has 0 heterocycles. The van der Waals surface area contributed by atoms with Gasteiger partial charge in [0.15, 0.2) is 11.5 Å². The van der Waals surface area contributed by atoms with Crippen molar-refractivity contribution in [3.8, 4) is 11.5 Å². The molecule has 1 N–H and O–H groups in total. The van der Waals surface area contributed by atoms with Crippen LogP contribution in [0.25, 0.3) is 0 Å². The van der Waals surface area contributed by atoms with E-state index >= 15 is 0 Å². The van der Waals surface area contributed by atoms with E-state index in [0.717, 1.165) is 17.2 Å². The summed E-state index contributed by atoms with van der Waals surface area (Å²) < 4.78 is 79.0. The molecule has 11 heteroatoms. The molecule has 0 spiro atoms. The summed E-state index contributed by atoms with van der Waals surface area (Å²) in [4.78, 5) is 2.08. The summed E-state index contributed by atoms with van der Waals surface area (Å²) >= 11 is 6.32. The number of anilines is 1. The quantitative estimate of drug-likeness (QED) is 0.130. The highest BCUT2D eigenvalue weighted by Gasteiger charge is 2.34. The molecule has 4 aromatic rings. The van der Waals surface area contributed by atoms with Crippen LogP contribution in [-0.2, 0) is 22.7 Å². The van der Waals surface area contributed by atoms with Gasteiger partial charge in [-0.2, -0.15) is 13.2 Å². The third-order valence-corrected chi connectivity index (χ3v) is 9.07. The molecule has 240 valence electrons. The van der Waals surface area contributed by atoms with Gasteiger partial charge in [0.25, 0.3) is 0 Å². The van der Waals surface area contributed by atoms with E-state index in [-0.39, 0.29) is 29.8 Å². The van der Waals surface area contributed by atoms with Gasteiger partial charge >= 0.3 is 6.18 Å². The maximum atomic E-state index is 13.7. The molecule has 4 rings (SSSR count). The molecule has 45 heavy (non-hydrogen) atoms. The maximum Gasteiger partial charge on any atom is 0.417 e. The number of alkyl halides is 3. The second kappa shape index (κ2) is 15.5. The molecule has 0 amide bonds. The summed E-state index contributed by atoms with van der Waals surface area (Å²) in [6.07, 6.45) is -4.05. The number of ether oxygens (including phenoxy) is 2. The summed E-state index contributed by atoms with van der Waals surface area (Å²) in [5.41, 5.74) is 2.03. The minimum absolute atomic E-state index is 0.0544. The van der Waals surface area contributed by atoms with Gasteiger partial charge in [0.2, 0.25) is 10.0 Å². The van der Waals surface area contributed by atoms with Gasteiger partial charge in [0, 0.05) is 31.6 Å². The van der Waals surface area contributed by atoms with Gasteiger partial charge in [-0.15, -0.1) is 0 Å². The molecule has 6 nitrogen and oxygen atoms in total. The summed E-state index contributed by atoms with van der Waals surface area (Å²) in [5.74, 6) is 0.678. The third kappa shape index (κ3) is 9.63. The molecule has 0 saturated heterocycles. The van der Waals surface area contributed by atoms with Gasteiger partial charge in [-0.25, -0.2) is 8.42 Å². The molecule has 0 unspecified atom stereocenters. The average Bonchev–Trinajstić information content (AvgIpc) is 3.03. The predicted molar refractivity (Wildman–Crippen MR) is 173 cm³/mol. The number of nitrogens with zero attached hydrogens (tertiary/aromatic N) is 1. The molecule has 0 aliphatic carbocycles. The predicted octanol–water partition coefficient (Wildman–Crippen LogP) is 8.23. The number of hydrogen-bond donors (Lipinski definition) is 1. The smallest absolute Gasteiger partial charge is 0.417 e. The van der Waals surface area contributed by atoms with Crippen LogP contribution in [0.1, 0.15) is 41.5 Å². The van der Waals surface area contributed by atoms with Crippen LogP contribution < -0.4 is 14.2 Å². The highest BCUT2D eigenvalue weighted by atomic mass is 35.5. The van der Waals surface area contributed by atoms with Gasteiger partial charge in [0.1, 0.15) is 0 Å². The van der Waals surface area contributed by atoms with Crippen LogP contribution in [0, 0.1) is 0 Å². The van der Waals surface area contributed by atoms with Gasteiger partial charge in [-0.3, -0.25) is 9.62 Å². The van der Waals surface area contributed by atoms with Crippen molar-refractivity contribution in [3.05, 3.63) is 124 Å². The Labute approximate surface area is 267 Å². The zero-order chi connectivity index (χ0) is 32.5. The summed E-state index contributed by atoms with van der Waals surface area (Å²) in [6, 6.07) is 28.7. The number of nitrogens with one attached hydrogen (secondary N) is 1. The zero-order valence-corrected chi connectivity index (χ0v) is 26.6. The minimum atomic E-state index is -4.57. The number of methoxy groups -OCH3 is 1. The Kier molecular flexibility index (Phi) is 11.8. The van der Waals surface area contributed by atoms with Crippen LogP contribution in [0.4, 0.5) is 18.9 Å².